The summed E-state index contributed by atoms with van der Waals surface area (Å²) in [6.07, 6.45) is 3.13. The number of nitrogen functional groups attached to an aromatic ring is 1. The molecule has 0 amide bonds. The van der Waals surface area contributed by atoms with Crippen LogP contribution >= 0.6 is 15.9 Å². The Bertz CT molecular complexity index is 754. The Morgan fingerprint density at radius 2 is 1.95 bits per heavy atom. The summed E-state index contributed by atoms with van der Waals surface area (Å²) in [4.78, 5) is 3.41. The van der Waals surface area contributed by atoms with Crippen molar-refractivity contribution >= 4 is 31.6 Å². The molecule has 0 fully saturated rings. The molecular weight excluding hydrogens is 361 g/mol. The topological polar surface area (TPSA) is 76.3 Å². The Kier molecular flexibility index (Phi) is 4.60. The number of pyridine rings is 1. The van der Waals surface area contributed by atoms with Crippen molar-refractivity contribution in [3.63, 3.8) is 0 Å². The standard InChI is InChI=1S/C13H13BrFN3O2S/c1-18(8-9-2-4-17-5-3-9)21(19,20)13-7-12(16)10(14)6-11(13)15/h2-7H,8,16H2,1H3. The van der Waals surface area contributed by atoms with Crippen molar-refractivity contribution in [1.82, 2.24) is 9.29 Å². The van der Waals surface area contributed by atoms with Crippen molar-refractivity contribution in [3.8, 4) is 0 Å². The summed E-state index contributed by atoms with van der Waals surface area (Å²) < 4.78 is 40.1. The van der Waals surface area contributed by atoms with Crippen LogP contribution < -0.4 is 5.73 Å². The number of hydrogen-bond donors (Lipinski definition) is 1. The first-order valence-electron chi connectivity index (χ1n) is 5.92. The van der Waals surface area contributed by atoms with Gasteiger partial charge in [-0.15, -0.1) is 0 Å². The summed E-state index contributed by atoms with van der Waals surface area (Å²) in [6.45, 7) is 0.111. The molecule has 112 valence electrons. The smallest absolute Gasteiger partial charge is 0.246 e. The fourth-order valence-electron chi connectivity index (χ4n) is 1.74. The molecule has 8 heteroatoms. The summed E-state index contributed by atoms with van der Waals surface area (Å²) in [5.74, 6) is -0.849. The lowest BCUT2D eigenvalue weighted by molar-refractivity contribution is 0.459. The van der Waals surface area contributed by atoms with Gasteiger partial charge in [0.05, 0.1) is 0 Å². The van der Waals surface area contributed by atoms with Crippen LogP contribution in [0, 0.1) is 5.82 Å². The Labute approximate surface area is 130 Å². The fourth-order valence-corrected chi connectivity index (χ4v) is 3.29. The minimum atomic E-state index is -3.97. The predicted octanol–water partition coefficient (Wildman–Crippen LogP) is 2.39. The van der Waals surface area contributed by atoms with E-state index in [4.69, 9.17) is 5.73 Å². The molecule has 0 spiro atoms. The number of sulfonamides is 1. The van der Waals surface area contributed by atoms with Gasteiger partial charge in [-0.25, -0.2) is 12.8 Å². The third kappa shape index (κ3) is 3.39. The minimum Gasteiger partial charge on any atom is -0.398 e. The summed E-state index contributed by atoms with van der Waals surface area (Å²) in [5, 5.41) is 0. The molecule has 2 aromatic rings. The second-order valence-electron chi connectivity index (χ2n) is 4.42. The number of aromatic nitrogens is 1. The van der Waals surface area contributed by atoms with E-state index in [1.807, 2.05) is 0 Å². The van der Waals surface area contributed by atoms with Crippen LogP contribution in [0.3, 0.4) is 0 Å². The molecule has 0 saturated heterocycles. The zero-order valence-electron chi connectivity index (χ0n) is 11.1. The van der Waals surface area contributed by atoms with E-state index in [0.29, 0.717) is 4.47 Å². The molecule has 2 N–H and O–H groups in total. The Morgan fingerprint density at radius 3 is 2.57 bits per heavy atom. The number of nitrogens with zero attached hydrogens (tertiary/aromatic N) is 2. The average Bonchev–Trinajstić information content (AvgIpc) is 2.43. The van der Waals surface area contributed by atoms with Gasteiger partial charge in [0.15, 0.2) is 0 Å². The molecule has 0 saturated carbocycles. The van der Waals surface area contributed by atoms with Crippen LogP contribution in [0.15, 0.2) is 46.0 Å². The number of benzene rings is 1. The van der Waals surface area contributed by atoms with E-state index < -0.39 is 20.7 Å². The van der Waals surface area contributed by atoms with Crippen LogP contribution in [-0.2, 0) is 16.6 Å². The van der Waals surface area contributed by atoms with E-state index in [9.17, 15) is 12.8 Å². The number of nitrogens with two attached hydrogens (primary N) is 1. The molecule has 0 aliphatic heterocycles. The van der Waals surface area contributed by atoms with Crippen molar-refractivity contribution in [1.29, 1.82) is 0 Å². The van der Waals surface area contributed by atoms with Crippen molar-refractivity contribution in [2.45, 2.75) is 11.4 Å². The first-order valence-corrected chi connectivity index (χ1v) is 8.15. The Morgan fingerprint density at radius 1 is 1.33 bits per heavy atom. The van der Waals surface area contributed by atoms with Crippen LogP contribution in [0.2, 0.25) is 0 Å². The van der Waals surface area contributed by atoms with Gasteiger partial charge in [0.2, 0.25) is 10.0 Å². The van der Waals surface area contributed by atoms with Gasteiger partial charge in [0, 0.05) is 36.1 Å². The third-order valence-corrected chi connectivity index (χ3v) is 5.40. The third-order valence-electron chi connectivity index (χ3n) is 2.89. The van der Waals surface area contributed by atoms with Crippen molar-refractivity contribution < 1.29 is 12.8 Å². The van der Waals surface area contributed by atoms with Crippen molar-refractivity contribution in [2.75, 3.05) is 12.8 Å². The molecule has 0 atom stereocenters. The lowest BCUT2D eigenvalue weighted by Gasteiger charge is -2.18. The van der Waals surface area contributed by atoms with Crippen LogP contribution in [0.4, 0.5) is 10.1 Å². The highest BCUT2D eigenvalue weighted by Gasteiger charge is 2.25. The zero-order valence-corrected chi connectivity index (χ0v) is 13.5. The molecule has 1 heterocycles. The highest BCUT2D eigenvalue weighted by atomic mass is 79.9. The second-order valence-corrected chi connectivity index (χ2v) is 7.29. The molecule has 0 unspecified atom stereocenters. The van der Waals surface area contributed by atoms with Crippen LogP contribution in [0.25, 0.3) is 0 Å². The maximum absolute atomic E-state index is 13.9. The summed E-state index contributed by atoms with van der Waals surface area (Å²) >= 11 is 3.06. The van der Waals surface area contributed by atoms with Crippen LogP contribution in [0.5, 0.6) is 0 Å². The number of halogens is 2. The van der Waals surface area contributed by atoms with Gasteiger partial charge in [0.1, 0.15) is 10.7 Å². The van der Waals surface area contributed by atoms with Crippen molar-refractivity contribution in [2.24, 2.45) is 0 Å². The second kappa shape index (κ2) is 6.08. The van der Waals surface area contributed by atoms with E-state index in [0.717, 1.165) is 22.0 Å². The maximum atomic E-state index is 13.9. The highest BCUT2D eigenvalue weighted by molar-refractivity contribution is 9.10. The molecule has 2 rings (SSSR count). The normalized spacial score (nSPS) is 11.8. The number of hydrogen-bond acceptors (Lipinski definition) is 4. The van der Waals surface area contributed by atoms with Gasteiger partial charge in [-0.2, -0.15) is 4.31 Å². The Hall–Kier alpha value is -1.51. The van der Waals surface area contributed by atoms with E-state index in [1.54, 1.807) is 24.5 Å². The lowest BCUT2D eigenvalue weighted by Crippen LogP contribution is -2.27. The van der Waals surface area contributed by atoms with Gasteiger partial charge in [-0.3, -0.25) is 4.98 Å². The molecule has 0 aliphatic carbocycles. The van der Waals surface area contributed by atoms with E-state index >= 15 is 0 Å². The number of rotatable bonds is 4. The van der Waals surface area contributed by atoms with Gasteiger partial charge in [0.25, 0.3) is 0 Å². The maximum Gasteiger partial charge on any atom is 0.246 e. The molecule has 5 nitrogen and oxygen atoms in total. The minimum absolute atomic E-state index is 0.111. The molecule has 0 bridgehead atoms. The predicted molar refractivity (Wildman–Crippen MR) is 81.4 cm³/mol. The molecule has 0 aliphatic rings. The van der Waals surface area contributed by atoms with Gasteiger partial charge < -0.3 is 5.73 Å². The molecule has 0 radical (unpaired) electrons. The van der Waals surface area contributed by atoms with Crippen molar-refractivity contribution in [3.05, 3.63) is 52.5 Å². The van der Waals surface area contributed by atoms with Crippen LogP contribution in [0.1, 0.15) is 5.56 Å². The number of anilines is 1. The highest BCUT2D eigenvalue weighted by Crippen LogP contribution is 2.28. The monoisotopic (exact) mass is 373 g/mol. The summed E-state index contributed by atoms with van der Waals surface area (Å²) in [5.41, 5.74) is 6.55. The van der Waals surface area contributed by atoms with Gasteiger partial charge in [-0.05, 0) is 45.8 Å². The van der Waals surface area contributed by atoms with Gasteiger partial charge in [-0.1, -0.05) is 0 Å². The SMILES string of the molecule is CN(Cc1ccncc1)S(=O)(=O)c1cc(N)c(Br)cc1F. The van der Waals surface area contributed by atoms with E-state index in [-0.39, 0.29) is 12.2 Å². The molecule has 1 aromatic heterocycles. The molecular formula is C13H13BrFN3O2S. The quantitative estimate of drug-likeness (QED) is 0.834. The first kappa shape index (κ1) is 15.9. The van der Waals surface area contributed by atoms with Gasteiger partial charge >= 0.3 is 0 Å². The first-order chi connectivity index (χ1) is 9.82. The lowest BCUT2D eigenvalue weighted by atomic mass is 10.3. The molecule has 21 heavy (non-hydrogen) atoms. The largest absolute Gasteiger partial charge is 0.398 e. The summed E-state index contributed by atoms with van der Waals surface area (Å²) in [6, 6.07) is 5.54. The molecule has 1 aromatic carbocycles. The Balaban J connectivity index is 2.36. The fraction of sp³-hybridized carbons (Fsp3) is 0.154. The zero-order chi connectivity index (χ0) is 15.6. The van der Waals surface area contributed by atoms with E-state index in [1.165, 1.54) is 7.05 Å². The average molecular weight is 374 g/mol. The van der Waals surface area contributed by atoms with E-state index in [2.05, 4.69) is 20.9 Å². The summed E-state index contributed by atoms with van der Waals surface area (Å²) in [7, 11) is -2.59. The van der Waals surface area contributed by atoms with Crippen LogP contribution in [-0.4, -0.2) is 24.8 Å².